The van der Waals surface area contributed by atoms with E-state index in [1.54, 1.807) is 6.07 Å². The normalized spacial score (nSPS) is 21.1. The Labute approximate surface area is 122 Å². The second-order valence-corrected chi connectivity index (χ2v) is 4.98. The quantitative estimate of drug-likeness (QED) is 0.900. The van der Waals surface area contributed by atoms with Gasteiger partial charge >= 0.3 is 0 Å². The molecule has 108 valence electrons. The van der Waals surface area contributed by atoms with E-state index in [4.69, 9.17) is 4.74 Å². The topological polar surface area (TPSA) is 71.2 Å². The molecule has 2 aromatic rings. The van der Waals surface area contributed by atoms with Crippen LogP contribution in [0, 0.1) is 0 Å². The Morgan fingerprint density at radius 1 is 1.19 bits per heavy atom. The number of aromatic amines is 1. The van der Waals surface area contributed by atoms with Crippen LogP contribution in [0.15, 0.2) is 53.5 Å². The van der Waals surface area contributed by atoms with Gasteiger partial charge in [-0.15, -0.1) is 0 Å². The molecule has 5 nitrogen and oxygen atoms in total. The van der Waals surface area contributed by atoms with Gasteiger partial charge in [0.1, 0.15) is 11.7 Å². The van der Waals surface area contributed by atoms with E-state index in [0.29, 0.717) is 6.61 Å². The fourth-order valence-corrected chi connectivity index (χ4v) is 2.56. The molecule has 1 aliphatic rings. The molecular formula is C16H16N2O3. The summed E-state index contributed by atoms with van der Waals surface area (Å²) >= 11 is 0. The summed E-state index contributed by atoms with van der Waals surface area (Å²) in [4.78, 5) is 26.4. The monoisotopic (exact) mass is 284 g/mol. The van der Waals surface area contributed by atoms with Crippen molar-refractivity contribution in [3.05, 3.63) is 70.1 Å². The molecule has 1 aliphatic heterocycles. The average Bonchev–Trinajstić information content (AvgIpc) is 2.96. The van der Waals surface area contributed by atoms with Crippen LogP contribution in [0.2, 0.25) is 0 Å². The van der Waals surface area contributed by atoms with Gasteiger partial charge in [0.2, 0.25) is 0 Å². The zero-order valence-electron chi connectivity index (χ0n) is 11.4. The second-order valence-electron chi connectivity index (χ2n) is 4.98. The van der Waals surface area contributed by atoms with Crippen molar-refractivity contribution in [1.29, 1.82) is 0 Å². The highest BCUT2D eigenvalue weighted by Crippen LogP contribution is 2.28. The minimum atomic E-state index is -0.384. The largest absolute Gasteiger partial charge is 0.371 e. The molecule has 0 spiro atoms. The lowest BCUT2D eigenvalue weighted by atomic mass is 10.0. The van der Waals surface area contributed by atoms with Gasteiger partial charge in [-0.25, -0.2) is 0 Å². The summed E-state index contributed by atoms with van der Waals surface area (Å²) in [5, 5.41) is 2.90. The molecule has 0 radical (unpaired) electrons. The first-order valence-electron chi connectivity index (χ1n) is 6.91. The first-order chi connectivity index (χ1) is 10.3. The molecule has 0 aliphatic carbocycles. The summed E-state index contributed by atoms with van der Waals surface area (Å²) < 4.78 is 5.72. The van der Waals surface area contributed by atoms with Gasteiger partial charge in [0.05, 0.1) is 6.04 Å². The van der Waals surface area contributed by atoms with Crippen molar-refractivity contribution in [3.8, 4) is 0 Å². The third-order valence-corrected chi connectivity index (χ3v) is 3.60. The van der Waals surface area contributed by atoms with Crippen LogP contribution in [-0.4, -0.2) is 23.5 Å². The Morgan fingerprint density at radius 3 is 2.76 bits per heavy atom. The summed E-state index contributed by atoms with van der Waals surface area (Å²) in [6.45, 7) is 0.593. The number of H-pyrrole nitrogens is 1. The number of amides is 1. The molecular weight excluding hydrogens is 268 g/mol. The van der Waals surface area contributed by atoms with Crippen molar-refractivity contribution in [2.45, 2.75) is 18.6 Å². The van der Waals surface area contributed by atoms with Crippen LogP contribution in [0.1, 0.15) is 28.4 Å². The molecule has 21 heavy (non-hydrogen) atoms. The number of hydrogen-bond donors (Lipinski definition) is 2. The maximum atomic E-state index is 12.2. The SMILES string of the molecule is O=C(N[C@@H]1CCO[C@@H]1c1ccccc1)c1ccc[nH]c1=O. The van der Waals surface area contributed by atoms with Crippen molar-refractivity contribution >= 4 is 5.91 Å². The van der Waals surface area contributed by atoms with E-state index in [9.17, 15) is 9.59 Å². The lowest BCUT2D eigenvalue weighted by molar-refractivity contribution is 0.0820. The number of pyridine rings is 1. The highest BCUT2D eigenvalue weighted by Gasteiger charge is 2.31. The fourth-order valence-electron chi connectivity index (χ4n) is 2.56. The van der Waals surface area contributed by atoms with Crippen LogP contribution < -0.4 is 10.9 Å². The van der Waals surface area contributed by atoms with Crippen molar-refractivity contribution in [2.24, 2.45) is 0 Å². The van der Waals surface area contributed by atoms with Crippen LogP contribution in [-0.2, 0) is 4.74 Å². The van der Waals surface area contributed by atoms with Gasteiger partial charge in [0, 0.05) is 12.8 Å². The first-order valence-corrected chi connectivity index (χ1v) is 6.91. The second kappa shape index (κ2) is 5.93. The molecule has 0 bridgehead atoms. The van der Waals surface area contributed by atoms with Crippen LogP contribution in [0.5, 0.6) is 0 Å². The van der Waals surface area contributed by atoms with Gasteiger partial charge in [0.15, 0.2) is 0 Å². The highest BCUT2D eigenvalue weighted by atomic mass is 16.5. The van der Waals surface area contributed by atoms with Crippen molar-refractivity contribution in [2.75, 3.05) is 6.61 Å². The Hall–Kier alpha value is -2.40. The summed E-state index contributed by atoms with van der Waals surface area (Å²) in [6, 6.07) is 12.8. The van der Waals surface area contributed by atoms with Crippen molar-refractivity contribution < 1.29 is 9.53 Å². The first kappa shape index (κ1) is 13.6. The number of ether oxygens (including phenoxy) is 1. The van der Waals surface area contributed by atoms with E-state index in [0.717, 1.165) is 12.0 Å². The van der Waals surface area contributed by atoms with Crippen LogP contribution in [0.3, 0.4) is 0 Å². The number of rotatable bonds is 3. The van der Waals surface area contributed by atoms with E-state index in [1.807, 2.05) is 30.3 Å². The zero-order chi connectivity index (χ0) is 14.7. The van der Waals surface area contributed by atoms with Gasteiger partial charge < -0.3 is 15.0 Å². The van der Waals surface area contributed by atoms with Crippen molar-refractivity contribution in [3.63, 3.8) is 0 Å². The Bertz CT molecular complexity index is 681. The van der Waals surface area contributed by atoms with Gasteiger partial charge in [-0.3, -0.25) is 9.59 Å². The Balaban J connectivity index is 1.77. The van der Waals surface area contributed by atoms with Gasteiger partial charge in [-0.05, 0) is 24.1 Å². The summed E-state index contributed by atoms with van der Waals surface area (Å²) in [5.74, 6) is -0.367. The maximum Gasteiger partial charge on any atom is 0.260 e. The van der Waals surface area contributed by atoms with Gasteiger partial charge in [0.25, 0.3) is 11.5 Å². The maximum absolute atomic E-state index is 12.2. The van der Waals surface area contributed by atoms with Crippen molar-refractivity contribution in [1.82, 2.24) is 10.3 Å². The predicted molar refractivity (Wildman–Crippen MR) is 78.1 cm³/mol. The standard InChI is InChI=1S/C16H16N2O3/c19-15-12(7-4-9-17-15)16(20)18-13-8-10-21-14(13)11-5-2-1-3-6-11/h1-7,9,13-14H,8,10H2,(H,17,19)(H,18,20)/t13-,14-/m1/s1. The average molecular weight is 284 g/mol. The molecule has 0 saturated carbocycles. The Morgan fingerprint density at radius 2 is 2.00 bits per heavy atom. The highest BCUT2D eigenvalue weighted by molar-refractivity contribution is 5.94. The number of carbonyl (C=O) groups excluding carboxylic acids is 1. The molecule has 2 atom stereocenters. The number of nitrogens with one attached hydrogen (secondary N) is 2. The van der Waals surface area contributed by atoms with Crippen LogP contribution in [0.25, 0.3) is 0 Å². The number of aromatic nitrogens is 1. The Kier molecular flexibility index (Phi) is 3.83. The molecule has 5 heteroatoms. The summed E-state index contributed by atoms with van der Waals surface area (Å²) in [7, 11) is 0. The predicted octanol–water partition coefficient (Wildman–Crippen LogP) is 1.63. The summed E-state index contributed by atoms with van der Waals surface area (Å²) in [5.41, 5.74) is 0.767. The molecule has 1 saturated heterocycles. The van der Waals surface area contributed by atoms with Gasteiger partial charge in [-0.2, -0.15) is 0 Å². The molecule has 1 amide bonds. The molecule has 1 fully saturated rings. The fraction of sp³-hybridized carbons (Fsp3) is 0.250. The zero-order valence-corrected chi connectivity index (χ0v) is 11.4. The molecule has 2 N–H and O–H groups in total. The molecule has 1 aromatic heterocycles. The van der Waals surface area contributed by atoms with E-state index >= 15 is 0 Å². The minimum absolute atomic E-state index is 0.121. The smallest absolute Gasteiger partial charge is 0.260 e. The summed E-state index contributed by atoms with van der Waals surface area (Å²) in [6.07, 6.45) is 2.07. The number of hydrogen-bond acceptors (Lipinski definition) is 3. The van der Waals surface area contributed by atoms with E-state index in [1.165, 1.54) is 12.3 Å². The third kappa shape index (κ3) is 2.87. The van der Waals surface area contributed by atoms with E-state index in [2.05, 4.69) is 10.3 Å². The van der Waals surface area contributed by atoms with Gasteiger partial charge in [-0.1, -0.05) is 30.3 Å². The lowest BCUT2D eigenvalue weighted by Crippen LogP contribution is -2.39. The molecule has 1 aromatic carbocycles. The number of benzene rings is 1. The van der Waals surface area contributed by atoms with E-state index in [-0.39, 0.29) is 29.2 Å². The molecule has 3 rings (SSSR count). The van der Waals surface area contributed by atoms with E-state index < -0.39 is 0 Å². The number of carbonyl (C=O) groups is 1. The molecule has 2 heterocycles. The molecule has 0 unspecified atom stereocenters. The van der Waals surface area contributed by atoms with Crippen LogP contribution >= 0.6 is 0 Å². The van der Waals surface area contributed by atoms with Crippen LogP contribution in [0.4, 0.5) is 0 Å². The third-order valence-electron chi connectivity index (χ3n) is 3.60. The lowest BCUT2D eigenvalue weighted by Gasteiger charge is -2.20. The minimum Gasteiger partial charge on any atom is -0.371 e.